The number of methoxy groups -OCH3 is 1. The number of esters is 1. The summed E-state index contributed by atoms with van der Waals surface area (Å²) in [6, 6.07) is -0.227. The molecule has 0 aromatic carbocycles. The lowest BCUT2D eigenvalue weighted by atomic mass is 10.2. The fourth-order valence-corrected chi connectivity index (χ4v) is 0.941. The van der Waals surface area contributed by atoms with E-state index in [0.29, 0.717) is 0 Å². The summed E-state index contributed by atoms with van der Waals surface area (Å²) in [6.07, 6.45) is 0.720. The standard InChI is InChI=1S/C5H10BrNO2/c1-3-4(7-6)5(8)9-2/h4,7H,3H2,1-2H3. The van der Waals surface area contributed by atoms with Crippen molar-refractivity contribution in [2.45, 2.75) is 19.4 Å². The first kappa shape index (κ1) is 8.91. The van der Waals surface area contributed by atoms with Gasteiger partial charge in [0.05, 0.1) is 7.11 Å². The lowest BCUT2D eigenvalue weighted by molar-refractivity contribution is -0.142. The highest BCUT2D eigenvalue weighted by atomic mass is 79.9. The van der Waals surface area contributed by atoms with E-state index in [1.165, 1.54) is 7.11 Å². The number of ether oxygens (including phenoxy) is 1. The van der Waals surface area contributed by atoms with Crippen molar-refractivity contribution in [1.29, 1.82) is 0 Å². The van der Waals surface area contributed by atoms with Crippen LogP contribution in [0.3, 0.4) is 0 Å². The molecule has 0 bridgehead atoms. The van der Waals surface area contributed by atoms with E-state index in [4.69, 9.17) is 0 Å². The van der Waals surface area contributed by atoms with Crippen molar-refractivity contribution >= 4 is 22.1 Å². The molecule has 0 saturated carbocycles. The second-order valence-corrected chi connectivity index (χ2v) is 2.05. The predicted molar refractivity (Wildman–Crippen MR) is 38.2 cm³/mol. The molecule has 4 heteroatoms. The lowest BCUT2D eigenvalue weighted by Crippen LogP contribution is -2.30. The third kappa shape index (κ3) is 2.81. The topological polar surface area (TPSA) is 38.3 Å². The molecule has 0 amide bonds. The molecule has 1 N–H and O–H groups in total. The summed E-state index contributed by atoms with van der Waals surface area (Å²) in [6.45, 7) is 1.90. The normalized spacial score (nSPS) is 12.8. The number of nitrogens with one attached hydrogen (secondary N) is 1. The van der Waals surface area contributed by atoms with E-state index < -0.39 is 0 Å². The van der Waals surface area contributed by atoms with Gasteiger partial charge in [-0.1, -0.05) is 6.92 Å². The average molecular weight is 196 g/mol. The van der Waals surface area contributed by atoms with Gasteiger partial charge in [0.25, 0.3) is 0 Å². The summed E-state index contributed by atoms with van der Waals surface area (Å²) < 4.78 is 7.10. The fraction of sp³-hybridized carbons (Fsp3) is 0.800. The van der Waals surface area contributed by atoms with Gasteiger partial charge in [0, 0.05) is 16.1 Å². The van der Waals surface area contributed by atoms with Crippen molar-refractivity contribution < 1.29 is 9.53 Å². The molecular formula is C5H10BrNO2. The van der Waals surface area contributed by atoms with Gasteiger partial charge in [-0.05, 0) is 6.42 Å². The second-order valence-electron chi connectivity index (χ2n) is 1.59. The van der Waals surface area contributed by atoms with Crippen molar-refractivity contribution in [2.75, 3.05) is 7.11 Å². The van der Waals surface area contributed by atoms with E-state index in [1.54, 1.807) is 0 Å². The summed E-state index contributed by atoms with van der Waals surface area (Å²) >= 11 is 2.97. The van der Waals surface area contributed by atoms with Gasteiger partial charge >= 0.3 is 5.97 Å². The quantitative estimate of drug-likeness (QED) is 0.536. The Balaban J connectivity index is 3.64. The van der Waals surface area contributed by atoms with Crippen LogP contribution in [0.1, 0.15) is 13.3 Å². The van der Waals surface area contributed by atoms with Gasteiger partial charge in [-0.15, -0.1) is 0 Å². The first-order valence-corrected chi connectivity index (χ1v) is 3.49. The molecule has 0 spiro atoms. The zero-order valence-corrected chi connectivity index (χ0v) is 7.06. The maximum absolute atomic E-state index is 10.7. The summed E-state index contributed by atoms with van der Waals surface area (Å²) in [5.74, 6) is -0.241. The van der Waals surface area contributed by atoms with Crippen LogP contribution in [0.25, 0.3) is 0 Å². The molecule has 0 aromatic rings. The molecule has 1 atom stereocenters. The molecule has 0 fully saturated rings. The molecule has 1 unspecified atom stereocenters. The molecule has 3 nitrogen and oxygen atoms in total. The first-order chi connectivity index (χ1) is 4.26. The highest BCUT2D eigenvalue weighted by molar-refractivity contribution is 9.08. The van der Waals surface area contributed by atoms with Gasteiger partial charge in [0.15, 0.2) is 0 Å². The van der Waals surface area contributed by atoms with Crippen molar-refractivity contribution in [2.24, 2.45) is 0 Å². The van der Waals surface area contributed by atoms with E-state index in [9.17, 15) is 4.79 Å². The second kappa shape index (κ2) is 4.76. The number of carbonyl (C=O) groups excluding carboxylic acids is 1. The average Bonchev–Trinajstić information content (AvgIpc) is 1.90. The van der Waals surface area contributed by atoms with Crippen LogP contribution in [0.15, 0.2) is 0 Å². The maximum Gasteiger partial charge on any atom is 0.323 e. The van der Waals surface area contributed by atoms with Crippen LogP contribution in [0.4, 0.5) is 0 Å². The first-order valence-electron chi connectivity index (χ1n) is 2.70. The summed E-state index contributed by atoms with van der Waals surface area (Å²) in [5, 5.41) is 0. The summed E-state index contributed by atoms with van der Waals surface area (Å²) in [7, 11) is 1.37. The molecule has 0 heterocycles. The Bertz CT molecular complexity index is 93.0. The van der Waals surface area contributed by atoms with Crippen LogP contribution in [0.2, 0.25) is 0 Å². The van der Waals surface area contributed by atoms with Crippen LogP contribution < -0.4 is 4.34 Å². The van der Waals surface area contributed by atoms with Gasteiger partial charge in [-0.3, -0.25) is 4.79 Å². The van der Waals surface area contributed by atoms with Gasteiger partial charge in [0.1, 0.15) is 6.04 Å². The summed E-state index contributed by atoms with van der Waals surface area (Å²) in [5.41, 5.74) is 0. The lowest BCUT2D eigenvalue weighted by Gasteiger charge is -2.07. The van der Waals surface area contributed by atoms with Gasteiger partial charge in [-0.2, -0.15) is 0 Å². The van der Waals surface area contributed by atoms with Crippen LogP contribution >= 0.6 is 16.1 Å². The van der Waals surface area contributed by atoms with E-state index in [-0.39, 0.29) is 12.0 Å². The van der Waals surface area contributed by atoms with Crippen LogP contribution in [0.5, 0.6) is 0 Å². The Kier molecular flexibility index (Phi) is 4.71. The molecule has 0 saturated heterocycles. The molecule has 0 rings (SSSR count). The molecule has 9 heavy (non-hydrogen) atoms. The van der Waals surface area contributed by atoms with E-state index >= 15 is 0 Å². The third-order valence-corrected chi connectivity index (χ3v) is 1.58. The monoisotopic (exact) mass is 195 g/mol. The third-order valence-electron chi connectivity index (χ3n) is 1.03. The molecule has 0 aliphatic carbocycles. The number of hydrogen-bond donors (Lipinski definition) is 1. The molecule has 0 aromatic heterocycles. The van der Waals surface area contributed by atoms with Crippen molar-refractivity contribution in [3.05, 3.63) is 0 Å². The molecule has 0 aliphatic heterocycles. The van der Waals surface area contributed by atoms with E-state index in [2.05, 4.69) is 25.2 Å². The van der Waals surface area contributed by atoms with Crippen LogP contribution in [0, 0.1) is 0 Å². The van der Waals surface area contributed by atoms with Crippen LogP contribution in [-0.4, -0.2) is 19.1 Å². The highest BCUT2D eigenvalue weighted by Gasteiger charge is 2.13. The Morgan fingerprint density at radius 2 is 2.44 bits per heavy atom. The largest absolute Gasteiger partial charge is 0.468 e. The molecule has 0 radical (unpaired) electrons. The SMILES string of the molecule is CCC(NBr)C(=O)OC. The smallest absolute Gasteiger partial charge is 0.323 e. The Morgan fingerprint density at radius 1 is 1.89 bits per heavy atom. The Morgan fingerprint density at radius 3 is 2.56 bits per heavy atom. The van der Waals surface area contributed by atoms with Crippen molar-refractivity contribution in [1.82, 2.24) is 4.34 Å². The predicted octanol–water partition coefficient (Wildman–Crippen LogP) is 0.837. The maximum atomic E-state index is 10.7. The number of rotatable bonds is 3. The number of carbonyl (C=O) groups is 1. The van der Waals surface area contributed by atoms with E-state index in [1.807, 2.05) is 6.92 Å². The Labute approximate surface area is 63.1 Å². The minimum Gasteiger partial charge on any atom is -0.468 e. The van der Waals surface area contributed by atoms with Gasteiger partial charge < -0.3 is 4.74 Å². The minimum absolute atomic E-state index is 0.227. The highest BCUT2D eigenvalue weighted by Crippen LogP contribution is 1.94. The number of hydrogen-bond acceptors (Lipinski definition) is 3. The molecule has 0 aliphatic rings. The number of halogens is 1. The molecular weight excluding hydrogens is 186 g/mol. The minimum atomic E-state index is -0.241. The van der Waals surface area contributed by atoms with Gasteiger partial charge in [-0.25, -0.2) is 4.34 Å². The summed E-state index contributed by atoms with van der Waals surface area (Å²) in [4.78, 5) is 10.7. The Hall–Kier alpha value is -0.0900. The fourth-order valence-electron chi connectivity index (χ4n) is 0.431. The van der Waals surface area contributed by atoms with Crippen LogP contribution in [-0.2, 0) is 9.53 Å². The van der Waals surface area contributed by atoms with E-state index in [0.717, 1.165) is 6.42 Å². The molecule has 54 valence electrons. The van der Waals surface area contributed by atoms with Crippen molar-refractivity contribution in [3.8, 4) is 0 Å². The van der Waals surface area contributed by atoms with Crippen molar-refractivity contribution in [3.63, 3.8) is 0 Å². The zero-order chi connectivity index (χ0) is 7.28. The zero-order valence-electron chi connectivity index (χ0n) is 5.48. The van der Waals surface area contributed by atoms with Gasteiger partial charge in [0.2, 0.25) is 0 Å².